The summed E-state index contributed by atoms with van der Waals surface area (Å²) in [7, 11) is -0.384. The van der Waals surface area contributed by atoms with Gasteiger partial charge in [-0.2, -0.15) is 8.42 Å². The van der Waals surface area contributed by atoms with Gasteiger partial charge in [0.25, 0.3) is 0 Å². The molecule has 0 aliphatic heterocycles. The Labute approximate surface area is 171 Å². The van der Waals surface area contributed by atoms with E-state index in [1.165, 1.54) is 0 Å². The minimum atomic E-state index is -3.58. The standard InChI is InChI=1S/C20H26N2O6S/c1-26-14-4-13-22(20(23)21-17-7-11-18(27-2)12-8-17)15-16-5-9-19(10-6-16)28-29(3,24)25/h5-12H,4,13-15H2,1-3H3,(H,21,23). The fourth-order valence-corrected chi connectivity index (χ4v) is 3.04. The highest BCUT2D eigenvalue weighted by Crippen LogP contribution is 2.18. The Morgan fingerprint density at radius 3 is 2.17 bits per heavy atom. The largest absolute Gasteiger partial charge is 0.497 e. The van der Waals surface area contributed by atoms with Crippen LogP contribution in [-0.4, -0.2) is 53.0 Å². The van der Waals surface area contributed by atoms with E-state index in [1.54, 1.807) is 67.7 Å². The normalized spacial score (nSPS) is 11.0. The van der Waals surface area contributed by atoms with Crippen LogP contribution in [0.2, 0.25) is 0 Å². The van der Waals surface area contributed by atoms with Gasteiger partial charge in [-0.1, -0.05) is 12.1 Å². The van der Waals surface area contributed by atoms with E-state index in [0.717, 1.165) is 11.8 Å². The number of hydrogen-bond acceptors (Lipinski definition) is 6. The second kappa shape index (κ2) is 10.7. The molecule has 2 amide bonds. The summed E-state index contributed by atoms with van der Waals surface area (Å²) in [5, 5.41) is 2.87. The molecular formula is C20H26N2O6S. The molecule has 8 nitrogen and oxygen atoms in total. The Kier molecular flexibility index (Phi) is 8.29. The van der Waals surface area contributed by atoms with Crippen molar-refractivity contribution in [3.8, 4) is 11.5 Å². The van der Waals surface area contributed by atoms with Gasteiger partial charge in [0.1, 0.15) is 11.5 Å². The van der Waals surface area contributed by atoms with Crippen LogP contribution in [0.15, 0.2) is 48.5 Å². The van der Waals surface area contributed by atoms with Crippen LogP contribution in [0.4, 0.5) is 10.5 Å². The lowest BCUT2D eigenvalue weighted by Gasteiger charge is -2.23. The van der Waals surface area contributed by atoms with Crippen molar-refractivity contribution in [2.75, 3.05) is 38.9 Å². The zero-order valence-corrected chi connectivity index (χ0v) is 17.6. The van der Waals surface area contributed by atoms with Crippen LogP contribution in [0.3, 0.4) is 0 Å². The van der Waals surface area contributed by atoms with Crippen LogP contribution in [-0.2, 0) is 21.4 Å². The molecule has 0 radical (unpaired) electrons. The zero-order valence-electron chi connectivity index (χ0n) is 16.8. The first-order valence-corrected chi connectivity index (χ1v) is 10.8. The molecule has 0 aliphatic carbocycles. The molecule has 2 rings (SSSR count). The highest BCUT2D eigenvalue weighted by molar-refractivity contribution is 7.86. The Morgan fingerprint density at radius 1 is 1.00 bits per heavy atom. The molecule has 0 aromatic heterocycles. The van der Waals surface area contributed by atoms with Gasteiger partial charge < -0.3 is 23.9 Å². The van der Waals surface area contributed by atoms with E-state index in [0.29, 0.717) is 37.6 Å². The summed E-state index contributed by atoms with van der Waals surface area (Å²) in [5.41, 5.74) is 1.50. The van der Waals surface area contributed by atoms with E-state index in [9.17, 15) is 13.2 Å². The van der Waals surface area contributed by atoms with E-state index in [-0.39, 0.29) is 11.8 Å². The number of benzene rings is 2. The number of ether oxygens (including phenoxy) is 2. The van der Waals surface area contributed by atoms with Crippen LogP contribution < -0.4 is 14.2 Å². The van der Waals surface area contributed by atoms with Crippen LogP contribution in [0.5, 0.6) is 11.5 Å². The predicted octanol–water partition coefficient (Wildman–Crippen LogP) is 3.10. The molecule has 0 unspecified atom stereocenters. The Morgan fingerprint density at radius 2 is 1.62 bits per heavy atom. The first kappa shape index (κ1) is 22.5. The smallest absolute Gasteiger partial charge is 0.322 e. The van der Waals surface area contributed by atoms with Crippen molar-refractivity contribution in [3.05, 3.63) is 54.1 Å². The fourth-order valence-electron chi connectivity index (χ4n) is 2.57. The third-order valence-corrected chi connectivity index (χ3v) is 4.44. The minimum Gasteiger partial charge on any atom is -0.497 e. The maximum Gasteiger partial charge on any atom is 0.322 e. The van der Waals surface area contributed by atoms with Crippen molar-refractivity contribution in [1.29, 1.82) is 0 Å². The molecule has 2 aromatic rings. The fraction of sp³-hybridized carbons (Fsp3) is 0.350. The average Bonchev–Trinajstić information content (AvgIpc) is 2.68. The van der Waals surface area contributed by atoms with E-state index in [1.807, 2.05) is 0 Å². The number of nitrogens with one attached hydrogen (secondary N) is 1. The molecule has 9 heteroatoms. The number of methoxy groups -OCH3 is 2. The van der Waals surface area contributed by atoms with Crippen molar-refractivity contribution in [1.82, 2.24) is 4.90 Å². The molecule has 0 atom stereocenters. The van der Waals surface area contributed by atoms with Crippen molar-refractivity contribution < 1.29 is 26.9 Å². The molecule has 0 heterocycles. The number of hydrogen-bond donors (Lipinski definition) is 1. The SMILES string of the molecule is COCCCN(Cc1ccc(OS(C)(=O)=O)cc1)C(=O)Nc1ccc(OC)cc1. The van der Waals surface area contributed by atoms with E-state index in [4.69, 9.17) is 13.7 Å². The lowest BCUT2D eigenvalue weighted by atomic mass is 10.2. The van der Waals surface area contributed by atoms with Gasteiger partial charge in [0.15, 0.2) is 0 Å². The molecule has 158 valence electrons. The molecular weight excluding hydrogens is 396 g/mol. The third kappa shape index (κ3) is 8.00. The average molecular weight is 423 g/mol. The van der Waals surface area contributed by atoms with Gasteiger partial charge in [-0.05, 0) is 48.4 Å². The summed E-state index contributed by atoms with van der Waals surface area (Å²) in [5.74, 6) is 0.932. The summed E-state index contributed by atoms with van der Waals surface area (Å²) in [6.45, 7) is 1.38. The number of anilines is 1. The maximum absolute atomic E-state index is 12.8. The molecule has 0 spiro atoms. The quantitative estimate of drug-likeness (QED) is 0.467. The molecule has 1 N–H and O–H groups in total. The van der Waals surface area contributed by atoms with Gasteiger partial charge in [0.05, 0.1) is 13.4 Å². The molecule has 0 saturated heterocycles. The van der Waals surface area contributed by atoms with Crippen molar-refractivity contribution >= 4 is 21.8 Å². The number of nitrogens with zero attached hydrogens (tertiary/aromatic N) is 1. The highest BCUT2D eigenvalue weighted by atomic mass is 32.2. The molecule has 0 fully saturated rings. The van der Waals surface area contributed by atoms with Gasteiger partial charge in [0, 0.05) is 32.5 Å². The Bertz CT molecular complexity index is 882. The second-order valence-electron chi connectivity index (χ2n) is 6.36. The van der Waals surface area contributed by atoms with Gasteiger partial charge >= 0.3 is 16.1 Å². The summed E-state index contributed by atoms with van der Waals surface area (Å²) in [4.78, 5) is 14.4. The maximum atomic E-state index is 12.8. The summed E-state index contributed by atoms with van der Waals surface area (Å²) < 4.78 is 37.5. The minimum absolute atomic E-state index is 0.227. The van der Waals surface area contributed by atoms with E-state index < -0.39 is 10.1 Å². The van der Waals surface area contributed by atoms with E-state index in [2.05, 4.69) is 5.32 Å². The van der Waals surface area contributed by atoms with Gasteiger partial charge in [0.2, 0.25) is 0 Å². The third-order valence-electron chi connectivity index (χ3n) is 3.95. The lowest BCUT2D eigenvalue weighted by molar-refractivity contribution is 0.171. The monoisotopic (exact) mass is 422 g/mol. The molecule has 2 aromatic carbocycles. The van der Waals surface area contributed by atoms with Crippen LogP contribution in [0, 0.1) is 0 Å². The van der Waals surface area contributed by atoms with Gasteiger partial charge in [-0.15, -0.1) is 0 Å². The number of carbonyl (C=O) groups is 1. The lowest BCUT2D eigenvalue weighted by Crippen LogP contribution is -2.35. The summed E-state index contributed by atoms with van der Waals surface area (Å²) in [6.07, 6.45) is 1.67. The predicted molar refractivity (Wildman–Crippen MR) is 111 cm³/mol. The summed E-state index contributed by atoms with van der Waals surface area (Å²) in [6, 6.07) is 13.4. The first-order valence-electron chi connectivity index (χ1n) is 8.98. The Balaban J connectivity index is 2.06. The second-order valence-corrected chi connectivity index (χ2v) is 7.93. The van der Waals surface area contributed by atoms with Crippen molar-refractivity contribution in [3.63, 3.8) is 0 Å². The zero-order chi connectivity index (χ0) is 21.3. The summed E-state index contributed by atoms with van der Waals surface area (Å²) >= 11 is 0. The van der Waals surface area contributed by atoms with Gasteiger partial charge in [-0.3, -0.25) is 0 Å². The topological polar surface area (TPSA) is 94.2 Å². The van der Waals surface area contributed by atoms with Crippen molar-refractivity contribution in [2.24, 2.45) is 0 Å². The van der Waals surface area contributed by atoms with Crippen molar-refractivity contribution in [2.45, 2.75) is 13.0 Å². The molecule has 29 heavy (non-hydrogen) atoms. The number of amides is 2. The molecule has 0 aliphatic rings. The van der Waals surface area contributed by atoms with Gasteiger partial charge in [-0.25, -0.2) is 4.79 Å². The van der Waals surface area contributed by atoms with Crippen LogP contribution >= 0.6 is 0 Å². The first-order chi connectivity index (χ1) is 13.8. The number of carbonyl (C=O) groups excluding carboxylic acids is 1. The van der Waals surface area contributed by atoms with Crippen LogP contribution in [0.1, 0.15) is 12.0 Å². The highest BCUT2D eigenvalue weighted by Gasteiger charge is 2.15. The van der Waals surface area contributed by atoms with E-state index >= 15 is 0 Å². The number of urea groups is 1. The molecule has 0 bridgehead atoms. The molecule has 0 saturated carbocycles. The Hall–Kier alpha value is -2.78. The number of rotatable bonds is 10. The van der Waals surface area contributed by atoms with Crippen LogP contribution in [0.25, 0.3) is 0 Å².